The average Bonchev–Trinajstić information content (AvgIpc) is 3.08. The summed E-state index contributed by atoms with van der Waals surface area (Å²) in [5.41, 5.74) is 0.500. The van der Waals surface area contributed by atoms with Crippen LogP contribution >= 0.6 is 0 Å². The first-order valence-corrected chi connectivity index (χ1v) is 17.3. The smallest absolute Gasteiger partial charge is 0.190 e. The second-order valence-electron chi connectivity index (χ2n) is 14.6. The van der Waals surface area contributed by atoms with Crippen LogP contribution in [0, 0.1) is 13.8 Å². The lowest BCUT2D eigenvalue weighted by Crippen LogP contribution is -2.27. The van der Waals surface area contributed by atoms with Gasteiger partial charge in [0.1, 0.15) is 34.5 Å². The molecule has 0 amide bonds. The fraction of sp³-hybridized carbons (Fsp3) is 0.300. The van der Waals surface area contributed by atoms with E-state index in [0.717, 1.165) is 25.7 Å². The zero-order valence-electron chi connectivity index (χ0n) is 27.5. The topological polar surface area (TPSA) is 180 Å². The Morgan fingerprint density at radius 1 is 0.440 bits per heavy atom. The lowest BCUT2D eigenvalue weighted by molar-refractivity contribution is 0.372. The summed E-state index contributed by atoms with van der Waals surface area (Å²) >= 11 is 0. The number of phenols is 6. The van der Waals surface area contributed by atoms with Crippen LogP contribution in [-0.4, -0.2) is 43.7 Å². The van der Waals surface area contributed by atoms with Crippen LogP contribution in [0.2, 0.25) is 0 Å². The molecule has 2 unspecified atom stereocenters. The number of hydrogen-bond donors (Lipinski definition) is 8. The Kier molecular flexibility index (Phi) is 5.73. The van der Waals surface area contributed by atoms with Gasteiger partial charge < -0.3 is 41.3 Å². The molecule has 2 heterocycles. The van der Waals surface area contributed by atoms with E-state index < -0.39 is 34.4 Å². The van der Waals surface area contributed by atoms with Gasteiger partial charge in [0, 0.05) is 55.2 Å². The summed E-state index contributed by atoms with van der Waals surface area (Å²) in [7, 11) is 0. The van der Waals surface area contributed by atoms with Crippen LogP contribution in [0.4, 0.5) is 0 Å². The second kappa shape index (κ2) is 9.68. The summed E-state index contributed by atoms with van der Waals surface area (Å²) in [5, 5.41) is 83.6. The van der Waals surface area contributed by atoms with E-state index in [0.29, 0.717) is 69.4 Å². The maximum atomic E-state index is 13.9. The van der Waals surface area contributed by atoms with Crippen molar-refractivity contribution in [1.29, 1.82) is 0 Å². The molecule has 8 aromatic rings. The van der Waals surface area contributed by atoms with Crippen molar-refractivity contribution in [3.63, 3.8) is 0 Å². The zero-order valence-corrected chi connectivity index (χ0v) is 27.5. The quantitative estimate of drug-likeness (QED) is 0.0728. The van der Waals surface area contributed by atoms with Gasteiger partial charge in [-0.05, 0) is 86.7 Å². The van der Waals surface area contributed by atoms with Crippen LogP contribution in [0.15, 0.2) is 21.7 Å². The molecule has 2 aliphatic heterocycles. The van der Waals surface area contributed by atoms with Gasteiger partial charge in [-0.15, -0.1) is 0 Å². The first-order valence-electron chi connectivity index (χ1n) is 17.3. The molecule has 2 aliphatic rings. The van der Waals surface area contributed by atoms with Crippen molar-refractivity contribution in [2.24, 2.45) is 0 Å². The summed E-state index contributed by atoms with van der Waals surface area (Å²) in [6.45, 7) is 4.81. The van der Waals surface area contributed by atoms with E-state index >= 15 is 0 Å². The molecule has 0 radical (unpaired) electrons. The third-order valence-corrected chi connectivity index (χ3v) is 12.0. The van der Waals surface area contributed by atoms with Gasteiger partial charge in [0.05, 0.1) is 32.7 Å². The number of nitrogens with one attached hydrogen (secondary N) is 2. The third kappa shape index (κ3) is 3.27. The Morgan fingerprint density at radius 3 is 1.14 bits per heavy atom. The predicted octanol–water partition coefficient (Wildman–Crippen LogP) is 6.71. The van der Waals surface area contributed by atoms with Gasteiger partial charge in [-0.25, -0.2) is 0 Å². The molecule has 2 atom stereocenters. The monoisotopic (exact) mass is 670 g/mol. The minimum absolute atomic E-state index is 0.0202. The normalized spacial score (nSPS) is 19.2. The van der Waals surface area contributed by atoms with Gasteiger partial charge in [0.25, 0.3) is 0 Å². The Hall–Kier alpha value is -5.32. The first-order chi connectivity index (χ1) is 24.0. The highest BCUT2D eigenvalue weighted by atomic mass is 16.3. The van der Waals surface area contributed by atoms with Crippen molar-refractivity contribution in [3.8, 4) is 34.5 Å². The molecule has 0 spiro atoms. The largest absolute Gasteiger partial charge is 0.507 e. The summed E-state index contributed by atoms with van der Waals surface area (Å²) < 4.78 is 0. The molecule has 50 heavy (non-hydrogen) atoms. The Labute approximate surface area is 283 Å². The molecule has 10 nitrogen and oxygen atoms in total. The van der Waals surface area contributed by atoms with Crippen LogP contribution in [0.3, 0.4) is 0 Å². The summed E-state index contributed by atoms with van der Waals surface area (Å²) in [4.78, 5) is 27.9. The minimum atomic E-state index is -0.505. The molecule has 0 saturated carbocycles. The van der Waals surface area contributed by atoms with Crippen molar-refractivity contribution >= 4 is 75.4 Å². The third-order valence-electron chi connectivity index (χ3n) is 12.0. The van der Waals surface area contributed by atoms with E-state index in [4.69, 9.17) is 0 Å². The number of phenolic OH excluding ortho intramolecular Hbond substituents is 6. The van der Waals surface area contributed by atoms with E-state index in [1.54, 1.807) is 13.8 Å². The number of hydrogen-bond acceptors (Lipinski definition) is 10. The van der Waals surface area contributed by atoms with Crippen LogP contribution in [0.5, 0.6) is 34.5 Å². The molecule has 0 aromatic heterocycles. The maximum absolute atomic E-state index is 13.9. The van der Waals surface area contributed by atoms with Crippen molar-refractivity contribution in [2.75, 3.05) is 13.1 Å². The SMILES string of the molecule is Cc1cc(=O)c2c(O)c3c(O)c(C4CCCCN4)c(O)c4c5c(O)c(C6CCCCN6)c(O)c6c(O)c7c(=O)cc(C)c8c1c2c(c34)c(c65)c78. The van der Waals surface area contributed by atoms with Crippen molar-refractivity contribution in [2.45, 2.75) is 64.5 Å². The Morgan fingerprint density at radius 2 is 0.780 bits per heavy atom. The highest BCUT2D eigenvalue weighted by molar-refractivity contribution is 6.52. The predicted molar refractivity (Wildman–Crippen MR) is 195 cm³/mol. The van der Waals surface area contributed by atoms with E-state index in [-0.39, 0.29) is 77.2 Å². The number of benzene rings is 8. The Bertz CT molecular complexity index is 2710. The van der Waals surface area contributed by atoms with Gasteiger partial charge in [-0.2, -0.15) is 0 Å². The molecule has 252 valence electrons. The van der Waals surface area contributed by atoms with Crippen molar-refractivity contribution in [1.82, 2.24) is 10.6 Å². The molecular formula is C40H34N2O8. The molecular weight excluding hydrogens is 636 g/mol. The second-order valence-corrected chi connectivity index (χ2v) is 14.6. The minimum Gasteiger partial charge on any atom is -0.507 e. The summed E-state index contributed by atoms with van der Waals surface area (Å²) in [6.07, 6.45) is 4.60. The van der Waals surface area contributed by atoms with E-state index in [2.05, 4.69) is 10.6 Å². The molecule has 2 saturated heterocycles. The van der Waals surface area contributed by atoms with Crippen LogP contribution in [0.1, 0.15) is 72.9 Å². The number of rotatable bonds is 2. The van der Waals surface area contributed by atoms with E-state index in [9.17, 15) is 40.2 Å². The van der Waals surface area contributed by atoms with Crippen molar-refractivity contribution < 1.29 is 30.6 Å². The van der Waals surface area contributed by atoms with Crippen LogP contribution < -0.4 is 21.5 Å². The molecule has 0 bridgehead atoms. The summed E-state index contributed by atoms with van der Waals surface area (Å²) in [5.74, 6) is -2.25. The maximum Gasteiger partial charge on any atom is 0.190 e. The van der Waals surface area contributed by atoms with E-state index in [1.807, 2.05) is 0 Å². The fourth-order valence-corrected chi connectivity index (χ4v) is 9.98. The zero-order chi connectivity index (χ0) is 34.7. The standard InChI is InChI=1S/C40H34N2O8/c1-13-11-17(43)23-25-19(13)20-14(2)12-18(44)24-26(20)28-27(25)29-31(35(45)21(15-7-3-5-9-41-15)37(47)33(29)39(23)49)32-30(28)34(40(24)50)38(48)22(36(32)46)16-8-4-6-10-42-16/h11-12,15-16,41-42,45-50H,3-10H2,1-2H3. The van der Waals surface area contributed by atoms with Gasteiger partial charge in [0.2, 0.25) is 0 Å². The highest BCUT2D eigenvalue weighted by Crippen LogP contribution is 2.63. The average molecular weight is 671 g/mol. The summed E-state index contributed by atoms with van der Waals surface area (Å²) in [6, 6.07) is 1.84. The van der Waals surface area contributed by atoms with Gasteiger partial charge in [-0.1, -0.05) is 12.8 Å². The van der Waals surface area contributed by atoms with Gasteiger partial charge >= 0.3 is 0 Å². The number of aromatic hydroxyl groups is 6. The highest BCUT2D eigenvalue weighted by Gasteiger charge is 2.38. The van der Waals surface area contributed by atoms with Gasteiger partial charge in [0.15, 0.2) is 10.9 Å². The molecule has 10 rings (SSSR count). The fourth-order valence-electron chi connectivity index (χ4n) is 9.98. The lowest BCUT2D eigenvalue weighted by atomic mass is 9.76. The number of aryl methyl sites for hydroxylation is 2. The number of piperidine rings is 2. The van der Waals surface area contributed by atoms with Crippen LogP contribution in [0.25, 0.3) is 75.4 Å². The van der Waals surface area contributed by atoms with Crippen LogP contribution in [-0.2, 0) is 0 Å². The van der Waals surface area contributed by atoms with Crippen molar-refractivity contribution in [3.05, 3.63) is 54.8 Å². The molecule has 0 aliphatic carbocycles. The van der Waals surface area contributed by atoms with Gasteiger partial charge in [-0.3, -0.25) is 9.59 Å². The molecule has 2 fully saturated rings. The number of fused-ring (bicyclic) bond motifs is 2. The lowest BCUT2D eigenvalue weighted by Gasteiger charge is -2.31. The first kappa shape index (κ1) is 29.6. The molecule has 8 aromatic carbocycles. The Balaban J connectivity index is 1.64. The molecule has 10 heteroatoms. The van der Waals surface area contributed by atoms with E-state index in [1.165, 1.54) is 12.1 Å². The molecule has 8 N–H and O–H groups in total.